The van der Waals surface area contributed by atoms with Crippen molar-refractivity contribution in [2.75, 3.05) is 17.2 Å². The number of aromatic nitrogens is 2. The molecule has 0 aliphatic heterocycles. The van der Waals surface area contributed by atoms with Crippen LogP contribution in [-0.4, -0.2) is 33.8 Å². The minimum absolute atomic E-state index is 0. The Labute approximate surface area is 147 Å². The molecule has 0 bridgehead atoms. The molecule has 0 unspecified atom stereocenters. The lowest BCUT2D eigenvalue weighted by atomic mass is 9.64. The van der Waals surface area contributed by atoms with Crippen molar-refractivity contribution in [1.82, 2.24) is 9.97 Å². The van der Waals surface area contributed by atoms with Crippen LogP contribution in [0.1, 0.15) is 32.1 Å². The number of aliphatic hydroxyl groups is 1. The predicted molar refractivity (Wildman–Crippen MR) is 97.2 cm³/mol. The fourth-order valence-corrected chi connectivity index (χ4v) is 3.43. The molecule has 0 spiro atoms. The van der Waals surface area contributed by atoms with Crippen LogP contribution < -0.4 is 10.6 Å². The first-order chi connectivity index (χ1) is 11.5. The third kappa shape index (κ3) is 3.35. The van der Waals surface area contributed by atoms with Gasteiger partial charge in [0, 0.05) is 24.3 Å². The van der Waals surface area contributed by atoms with Gasteiger partial charge >= 0.3 is 0 Å². The van der Waals surface area contributed by atoms with Gasteiger partial charge in [-0.2, -0.15) is 10.2 Å². The molecule has 128 valence electrons. The number of hydrogen-bond donors (Lipinski definition) is 3. The van der Waals surface area contributed by atoms with Crippen LogP contribution in [0.5, 0.6) is 0 Å². The zero-order valence-electron chi connectivity index (χ0n) is 13.8. The van der Waals surface area contributed by atoms with E-state index in [4.69, 9.17) is 0 Å². The number of nitriles is 1. The van der Waals surface area contributed by atoms with Gasteiger partial charge in [-0.3, -0.25) is 0 Å². The topological polar surface area (TPSA) is 93.9 Å². The monoisotopic (exact) mass is 345 g/mol. The van der Waals surface area contributed by atoms with Crippen LogP contribution >= 0.6 is 11.3 Å². The molecule has 3 rings (SSSR count). The van der Waals surface area contributed by atoms with Crippen LogP contribution in [0, 0.1) is 16.7 Å². The van der Waals surface area contributed by atoms with Gasteiger partial charge in [-0.05, 0) is 24.3 Å². The highest BCUT2D eigenvalue weighted by Gasteiger charge is 2.47. The Balaban J connectivity index is 0.00000225. The van der Waals surface area contributed by atoms with Crippen molar-refractivity contribution in [2.45, 2.75) is 38.8 Å². The van der Waals surface area contributed by atoms with Crippen molar-refractivity contribution in [3.05, 3.63) is 34.2 Å². The summed E-state index contributed by atoms with van der Waals surface area (Å²) in [5.74, 6) is 1.03. The molecule has 1 aliphatic carbocycles. The van der Waals surface area contributed by atoms with Gasteiger partial charge in [0.1, 0.15) is 17.5 Å². The van der Waals surface area contributed by atoms with Crippen LogP contribution in [0.15, 0.2) is 23.7 Å². The molecule has 0 saturated heterocycles. The van der Waals surface area contributed by atoms with Gasteiger partial charge in [-0.1, -0.05) is 19.9 Å². The zero-order chi connectivity index (χ0) is 17.2. The van der Waals surface area contributed by atoms with Crippen LogP contribution in [0.4, 0.5) is 11.8 Å². The second-order valence-electron chi connectivity index (χ2n) is 6.59. The molecule has 7 heteroatoms. The molecular weight excluding hydrogens is 322 g/mol. The van der Waals surface area contributed by atoms with Gasteiger partial charge < -0.3 is 15.7 Å². The average molecular weight is 345 g/mol. The molecule has 24 heavy (non-hydrogen) atoms. The Morgan fingerprint density at radius 2 is 2.38 bits per heavy atom. The van der Waals surface area contributed by atoms with Gasteiger partial charge in [-0.25, -0.2) is 4.98 Å². The average Bonchev–Trinajstić information content (AvgIpc) is 3.08. The zero-order valence-corrected chi connectivity index (χ0v) is 14.6. The van der Waals surface area contributed by atoms with E-state index in [0.29, 0.717) is 23.8 Å². The van der Waals surface area contributed by atoms with E-state index in [1.54, 1.807) is 11.3 Å². The number of nitrogens with zero attached hydrogens (tertiary/aromatic N) is 3. The summed E-state index contributed by atoms with van der Waals surface area (Å²) in [5.41, 5.74) is 0.181. The number of anilines is 2. The van der Waals surface area contributed by atoms with E-state index in [-0.39, 0.29) is 19.0 Å². The highest BCUT2D eigenvalue weighted by molar-refractivity contribution is 7.09. The summed E-state index contributed by atoms with van der Waals surface area (Å²) < 4.78 is 0. The van der Waals surface area contributed by atoms with E-state index >= 15 is 0 Å². The molecule has 3 N–H and O–H groups in total. The summed E-state index contributed by atoms with van der Waals surface area (Å²) in [4.78, 5) is 9.95. The highest BCUT2D eigenvalue weighted by Crippen LogP contribution is 2.42. The third-order valence-corrected chi connectivity index (χ3v) is 5.61. The second kappa shape index (κ2) is 6.75. The molecule has 0 radical (unpaired) electrons. The lowest BCUT2D eigenvalue weighted by Gasteiger charge is -2.49. The number of rotatable bonds is 6. The Morgan fingerprint density at radius 3 is 3.00 bits per heavy atom. The van der Waals surface area contributed by atoms with Crippen molar-refractivity contribution in [2.24, 2.45) is 5.41 Å². The summed E-state index contributed by atoms with van der Waals surface area (Å²) in [6, 6.07) is 6.35. The third-order valence-electron chi connectivity index (χ3n) is 4.67. The Hall–Kier alpha value is -2.17. The van der Waals surface area contributed by atoms with Crippen LogP contribution in [-0.2, 0) is 6.42 Å². The van der Waals surface area contributed by atoms with E-state index in [1.807, 2.05) is 19.9 Å². The van der Waals surface area contributed by atoms with Crippen molar-refractivity contribution >= 4 is 23.1 Å². The van der Waals surface area contributed by atoms with Crippen molar-refractivity contribution < 1.29 is 6.53 Å². The SMILES string of the molecule is CC1(C)[C@@H](O)C[C@H]1Nc1nc(NCCc2cccs2)ncc1C#N.[HH]. The molecular formula is C17H23N5OS. The maximum absolute atomic E-state index is 9.86. The first-order valence-electron chi connectivity index (χ1n) is 7.98. The standard InChI is InChI=1S/C17H21N5OS.H2/c1-17(2)13(8-14(17)23)21-15-11(9-18)10-20-16(22-15)19-6-5-12-4-3-7-24-12;/h3-4,7,10,13-14,23H,5-6,8H2,1-2H3,(H2,19,20,21,22);1H/t13-,14+;/m1./s1. The largest absolute Gasteiger partial charge is 0.392 e. The van der Waals surface area contributed by atoms with Gasteiger partial charge in [0.05, 0.1) is 12.3 Å². The van der Waals surface area contributed by atoms with E-state index < -0.39 is 0 Å². The minimum atomic E-state index is -0.328. The van der Waals surface area contributed by atoms with Crippen LogP contribution in [0.25, 0.3) is 0 Å². The lowest BCUT2D eigenvalue weighted by molar-refractivity contribution is -0.0511. The molecule has 2 aromatic heterocycles. The van der Waals surface area contributed by atoms with Gasteiger partial charge in [0.15, 0.2) is 0 Å². The summed E-state index contributed by atoms with van der Waals surface area (Å²) in [7, 11) is 0. The van der Waals surface area contributed by atoms with E-state index in [9.17, 15) is 10.4 Å². The quantitative estimate of drug-likeness (QED) is 0.745. The fourth-order valence-electron chi connectivity index (χ4n) is 2.72. The van der Waals surface area contributed by atoms with Gasteiger partial charge in [-0.15, -0.1) is 11.3 Å². The van der Waals surface area contributed by atoms with Crippen LogP contribution in [0.2, 0.25) is 0 Å². The molecule has 2 heterocycles. The van der Waals surface area contributed by atoms with Crippen LogP contribution in [0.3, 0.4) is 0 Å². The molecule has 1 aliphatic rings. The Kier molecular flexibility index (Phi) is 4.69. The second-order valence-corrected chi connectivity index (χ2v) is 7.63. The van der Waals surface area contributed by atoms with Crippen molar-refractivity contribution in [3.8, 4) is 6.07 Å². The summed E-state index contributed by atoms with van der Waals surface area (Å²) >= 11 is 1.73. The molecule has 6 nitrogen and oxygen atoms in total. The summed E-state index contributed by atoms with van der Waals surface area (Å²) in [5, 5.41) is 27.7. The highest BCUT2D eigenvalue weighted by atomic mass is 32.1. The van der Waals surface area contributed by atoms with E-state index in [2.05, 4.69) is 38.1 Å². The summed E-state index contributed by atoms with van der Waals surface area (Å²) in [6.07, 6.45) is 2.77. The smallest absolute Gasteiger partial charge is 0.224 e. The van der Waals surface area contributed by atoms with Gasteiger partial charge in [0.2, 0.25) is 5.95 Å². The maximum atomic E-state index is 9.86. The van der Waals surface area contributed by atoms with E-state index in [1.165, 1.54) is 11.1 Å². The molecule has 2 atom stereocenters. The molecule has 1 saturated carbocycles. The summed E-state index contributed by atoms with van der Waals surface area (Å²) in [6.45, 7) is 4.75. The Morgan fingerprint density at radius 1 is 1.54 bits per heavy atom. The molecule has 1 fully saturated rings. The van der Waals surface area contributed by atoms with Gasteiger partial charge in [0.25, 0.3) is 0 Å². The lowest BCUT2D eigenvalue weighted by Crippen LogP contribution is -2.57. The van der Waals surface area contributed by atoms with Crippen molar-refractivity contribution in [1.29, 1.82) is 5.26 Å². The van der Waals surface area contributed by atoms with Crippen molar-refractivity contribution in [3.63, 3.8) is 0 Å². The number of thiophene rings is 1. The first kappa shape index (κ1) is 16.7. The number of hydrogen-bond acceptors (Lipinski definition) is 7. The van der Waals surface area contributed by atoms with E-state index in [0.717, 1.165) is 13.0 Å². The number of aliphatic hydroxyl groups excluding tert-OH is 1. The maximum Gasteiger partial charge on any atom is 0.224 e. The molecule has 0 aromatic carbocycles. The Bertz CT molecular complexity index is 744. The first-order valence-corrected chi connectivity index (χ1v) is 8.86. The molecule has 2 aromatic rings. The fraction of sp³-hybridized carbons (Fsp3) is 0.471. The number of nitrogens with one attached hydrogen (secondary N) is 2. The molecule has 0 amide bonds. The predicted octanol–water partition coefficient (Wildman–Crippen LogP) is 2.88. The minimum Gasteiger partial charge on any atom is -0.392 e. The normalized spacial score (nSPS) is 21.6.